The first kappa shape index (κ1) is 19.2. The van der Waals surface area contributed by atoms with Crippen LogP contribution in [0.15, 0.2) is 54.6 Å². The number of carbonyl (C=O) groups is 3. The number of amides is 3. The highest BCUT2D eigenvalue weighted by Gasteiger charge is 2.34. The van der Waals surface area contributed by atoms with Crippen molar-refractivity contribution in [3.8, 4) is 0 Å². The highest BCUT2D eigenvalue weighted by Crippen LogP contribution is 2.25. The molecule has 2 heterocycles. The van der Waals surface area contributed by atoms with Gasteiger partial charge in [0.25, 0.3) is 0 Å². The molecule has 0 aliphatic carbocycles. The maximum atomic E-state index is 12.7. The Kier molecular flexibility index (Phi) is 5.60. The molecule has 0 saturated carbocycles. The molecule has 2 aliphatic rings. The molecule has 1 atom stereocenters. The summed E-state index contributed by atoms with van der Waals surface area (Å²) in [6, 6.07) is 17.4. The van der Waals surface area contributed by atoms with Crippen molar-refractivity contribution in [2.75, 3.05) is 29.9 Å². The normalized spacial score (nSPS) is 19.1. The Hall–Kier alpha value is -3.15. The van der Waals surface area contributed by atoms with Gasteiger partial charge in [0, 0.05) is 43.9 Å². The number of anilines is 2. The van der Waals surface area contributed by atoms with Crippen LogP contribution < -0.4 is 10.2 Å². The van der Waals surface area contributed by atoms with Crippen molar-refractivity contribution >= 4 is 29.1 Å². The molecule has 0 bridgehead atoms. The van der Waals surface area contributed by atoms with Gasteiger partial charge in [0.05, 0.1) is 5.92 Å². The third kappa shape index (κ3) is 4.47. The predicted octanol–water partition coefficient (Wildman–Crippen LogP) is 2.84. The van der Waals surface area contributed by atoms with Gasteiger partial charge in [-0.2, -0.15) is 0 Å². The lowest BCUT2D eigenvalue weighted by molar-refractivity contribution is -0.128. The van der Waals surface area contributed by atoms with E-state index in [4.69, 9.17) is 0 Å². The Morgan fingerprint density at radius 3 is 2.62 bits per heavy atom. The highest BCUT2D eigenvalue weighted by atomic mass is 16.2. The minimum atomic E-state index is -0.352. The molecule has 29 heavy (non-hydrogen) atoms. The lowest BCUT2D eigenvalue weighted by atomic mass is 10.1. The van der Waals surface area contributed by atoms with Crippen LogP contribution in [0.1, 0.15) is 24.8 Å². The summed E-state index contributed by atoms with van der Waals surface area (Å²) in [4.78, 5) is 40.5. The maximum Gasteiger partial charge on any atom is 0.229 e. The Balaban J connectivity index is 1.34. The largest absolute Gasteiger partial charge is 0.342 e. The van der Waals surface area contributed by atoms with E-state index in [-0.39, 0.29) is 30.1 Å². The number of nitrogens with zero attached hydrogens (tertiary/aromatic N) is 2. The van der Waals surface area contributed by atoms with Gasteiger partial charge in [0.1, 0.15) is 0 Å². The van der Waals surface area contributed by atoms with Gasteiger partial charge >= 0.3 is 0 Å². The molecule has 2 aliphatic heterocycles. The maximum absolute atomic E-state index is 12.7. The fourth-order valence-electron chi connectivity index (χ4n) is 3.99. The van der Waals surface area contributed by atoms with Crippen LogP contribution in [0.2, 0.25) is 0 Å². The van der Waals surface area contributed by atoms with E-state index < -0.39 is 0 Å². The Bertz CT molecular complexity index is 913. The molecule has 2 aromatic rings. The minimum absolute atomic E-state index is 0.0255. The first-order chi connectivity index (χ1) is 14.1. The van der Waals surface area contributed by atoms with Gasteiger partial charge in [0.2, 0.25) is 17.7 Å². The van der Waals surface area contributed by atoms with Crippen molar-refractivity contribution in [2.24, 2.45) is 5.92 Å². The summed E-state index contributed by atoms with van der Waals surface area (Å²) in [6.07, 6.45) is 2.45. The number of benzene rings is 2. The van der Waals surface area contributed by atoms with Crippen LogP contribution in [-0.2, 0) is 20.8 Å². The number of hydrogen-bond acceptors (Lipinski definition) is 3. The van der Waals surface area contributed by atoms with E-state index >= 15 is 0 Å². The van der Waals surface area contributed by atoms with Crippen LogP contribution in [0.5, 0.6) is 0 Å². The summed E-state index contributed by atoms with van der Waals surface area (Å²) >= 11 is 0. The van der Waals surface area contributed by atoms with Crippen LogP contribution in [0.3, 0.4) is 0 Å². The van der Waals surface area contributed by atoms with E-state index in [1.807, 2.05) is 54.6 Å². The van der Waals surface area contributed by atoms with Crippen LogP contribution >= 0.6 is 0 Å². The highest BCUT2D eigenvalue weighted by molar-refractivity contribution is 5.99. The number of nitrogens with one attached hydrogen (secondary N) is 1. The van der Waals surface area contributed by atoms with Gasteiger partial charge in [-0.25, -0.2) is 0 Å². The third-order valence-electron chi connectivity index (χ3n) is 5.60. The molecule has 2 fully saturated rings. The molecule has 0 unspecified atom stereocenters. The zero-order valence-corrected chi connectivity index (χ0v) is 16.3. The van der Waals surface area contributed by atoms with E-state index in [1.54, 1.807) is 9.80 Å². The molecule has 0 spiro atoms. The lowest BCUT2D eigenvalue weighted by Crippen LogP contribution is -2.30. The van der Waals surface area contributed by atoms with Gasteiger partial charge < -0.3 is 15.1 Å². The number of carbonyl (C=O) groups excluding carboxylic acids is 3. The number of rotatable bonds is 6. The fourth-order valence-corrected chi connectivity index (χ4v) is 3.99. The van der Waals surface area contributed by atoms with Crippen LogP contribution in [0.4, 0.5) is 11.4 Å². The van der Waals surface area contributed by atoms with E-state index in [0.29, 0.717) is 31.7 Å². The average molecular weight is 391 g/mol. The minimum Gasteiger partial charge on any atom is -0.342 e. The molecule has 6 heteroatoms. The predicted molar refractivity (Wildman–Crippen MR) is 111 cm³/mol. The molecule has 0 aromatic heterocycles. The SMILES string of the molecule is O=C(Nc1cccc(N2CCCC2=O)c1)[C@H]1CC(=O)N(CCc2ccccc2)C1. The van der Waals surface area contributed by atoms with Gasteiger partial charge in [-0.3, -0.25) is 14.4 Å². The third-order valence-corrected chi connectivity index (χ3v) is 5.60. The second-order valence-corrected chi connectivity index (χ2v) is 7.66. The van der Waals surface area contributed by atoms with Crippen LogP contribution in [0.25, 0.3) is 0 Å². The number of hydrogen-bond donors (Lipinski definition) is 1. The van der Waals surface area contributed by atoms with Crippen molar-refractivity contribution in [1.29, 1.82) is 0 Å². The monoisotopic (exact) mass is 391 g/mol. The molecule has 2 saturated heterocycles. The molecule has 2 aromatic carbocycles. The Labute approximate surface area is 170 Å². The van der Waals surface area contributed by atoms with Crippen molar-refractivity contribution in [3.05, 3.63) is 60.2 Å². The lowest BCUT2D eigenvalue weighted by Gasteiger charge is -2.18. The first-order valence-corrected chi connectivity index (χ1v) is 10.1. The van der Waals surface area contributed by atoms with Gasteiger partial charge in [-0.1, -0.05) is 36.4 Å². The first-order valence-electron chi connectivity index (χ1n) is 10.1. The average Bonchev–Trinajstić information content (AvgIpc) is 3.33. The summed E-state index contributed by atoms with van der Waals surface area (Å²) in [5.41, 5.74) is 2.64. The van der Waals surface area contributed by atoms with Crippen molar-refractivity contribution in [2.45, 2.75) is 25.7 Å². The summed E-state index contributed by atoms with van der Waals surface area (Å²) in [5, 5.41) is 2.92. The second-order valence-electron chi connectivity index (χ2n) is 7.66. The summed E-state index contributed by atoms with van der Waals surface area (Å²) in [7, 11) is 0. The summed E-state index contributed by atoms with van der Waals surface area (Å²) in [5.74, 6) is -0.359. The van der Waals surface area contributed by atoms with Crippen molar-refractivity contribution in [3.63, 3.8) is 0 Å². The van der Waals surface area contributed by atoms with Crippen molar-refractivity contribution < 1.29 is 14.4 Å². The van der Waals surface area contributed by atoms with E-state index in [9.17, 15) is 14.4 Å². The zero-order valence-electron chi connectivity index (χ0n) is 16.3. The summed E-state index contributed by atoms with van der Waals surface area (Å²) < 4.78 is 0. The molecule has 0 radical (unpaired) electrons. The van der Waals surface area contributed by atoms with Crippen LogP contribution in [-0.4, -0.2) is 42.3 Å². The van der Waals surface area contributed by atoms with E-state index in [2.05, 4.69) is 5.32 Å². The summed E-state index contributed by atoms with van der Waals surface area (Å²) in [6.45, 7) is 1.78. The topological polar surface area (TPSA) is 69.7 Å². The Morgan fingerprint density at radius 2 is 1.86 bits per heavy atom. The molecule has 4 rings (SSSR count). The molecular weight excluding hydrogens is 366 g/mol. The molecule has 3 amide bonds. The Morgan fingerprint density at radius 1 is 1.03 bits per heavy atom. The van der Waals surface area contributed by atoms with Gasteiger partial charge in [0.15, 0.2) is 0 Å². The molecular formula is C23H25N3O3. The quantitative estimate of drug-likeness (QED) is 0.823. The number of likely N-dealkylation sites (tertiary alicyclic amines) is 1. The smallest absolute Gasteiger partial charge is 0.229 e. The van der Waals surface area contributed by atoms with E-state index in [0.717, 1.165) is 18.5 Å². The molecule has 1 N–H and O–H groups in total. The van der Waals surface area contributed by atoms with Crippen molar-refractivity contribution in [1.82, 2.24) is 4.90 Å². The standard InChI is InChI=1S/C23H25N3O3/c27-21-10-5-12-26(21)20-9-4-8-19(15-20)24-23(29)18-14-22(28)25(16-18)13-11-17-6-2-1-3-7-17/h1-4,6-9,15,18H,5,10-14,16H2,(H,24,29)/t18-/m0/s1. The van der Waals surface area contributed by atoms with Gasteiger partial charge in [-0.15, -0.1) is 0 Å². The molecule has 150 valence electrons. The fraction of sp³-hybridized carbons (Fsp3) is 0.348. The van der Waals surface area contributed by atoms with Crippen LogP contribution in [0, 0.1) is 5.92 Å². The van der Waals surface area contributed by atoms with Gasteiger partial charge in [-0.05, 0) is 36.6 Å². The second kappa shape index (κ2) is 8.47. The zero-order chi connectivity index (χ0) is 20.2. The van der Waals surface area contributed by atoms with E-state index in [1.165, 1.54) is 5.56 Å². The molecule has 6 nitrogen and oxygen atoms in total.